The van der Waals surface area contributed by atoms with Crippen LogP contribution in [0.3, 0.4) is 0 Å². The second-order valence-electron chi connectivity index (χ2n) is 7.33. The molecule has 3 aromatic heterocycles. The molecule has 148 valence electrons. The van der Waals surface area contributed by atoms with E-state index in [1.807, 2.05) is 12.1 Å². The van der Waals surface area contributed by atoms with Crippen molar-refractivity contribution in [3.05, 3.63) is 69.0 Å². The maximum Gasteiger partial charge on any atom is 0.142 e. The van der Waals surface area contributed by atoms with Crippen molar-refractivity contribution >= 4 is 61.1 Å². The molecule has 0 radical (unpaired) electrons. The van der Waals surface area contributed by atoms with Crippen LogP contribution in [-0.4, -0.2) is 27.7 Å². The van der Waals surface area contributed by atoms with Gasteiger partial charge in [-0.3, -0.25) is 4.98 Å². The van der Waals surface area contributed by atoms with E-state index in [0.29, 0.717) is 16.2 Å². The standard InChI is InChI=1S/C22H18BrCl2N3O/c23-15-10-17-20(26-12-15)19-16(11-18(24)27-22(19)25)28(17)21(13-4-2-1-3-5-13)14-6-8-29-9-7-14/h1-5,10-12,14,21H,6-9H2/t21-/m1/s1. The number of hydrogen-bond acceptors (Lipinski definition) is 3. The largest absolute Gasteiger partial charge is 0.381 e. The molecule has 4 heterocycles. The Bertz CT molecular complexity index is 1190. The molecule has 0 spiro atoms. The van der Waals surface area contributed by atoms with Crippen LogP contribution in [0.25, 0.3) is 21.9 Å². The predicted molar refractivity (Wildman–Crippen MR) is 121 cm³/mol. The van der Waals surface area contributed by atoms with Gasteiger partial charge in [0, 0.05) is 29.9 Å². The Morgan fingerprint density at radius 1 is 1.07 bits per heavy atom. The molecular weight excluding hydrogens is 473 g/mol. The number of rotatable bonds is 3. The number of aromatic nitrogens is 3. The third-order valence-corrected chi connectivity index (χ3v) is 6.55. The minimum atomic E-state index is 0.116. The lowest BCUT2D eigenvalue weighted by atomic mass is 9.86. The van der Waals surface area contributed by atoms with Crippen molar-refractivity contribution in [2.24, 2.45) is 5.92 Å². The maximum atomic E-state index is 6.55. The highest BCUT2D eigenvalue weighted by Crippen LogP contribution is 2.42. The second kappa shape index (κ2) is 7.88. The molecule has 0 saturated carbocycles. The minimum absolute atomic E-state index is 0.116. The molecule has 0 unspecified atom stereocenters. The zero-order valence-corrected chi connectivity index (χ0v) is 18.6. The van der Waals surface area contributed by atoms with Gasteiger partial charge in [0.25, 0.3) is 0 Å². The molecule has 0 aliphatic carbocycles. The molecule has 0 N–H and O–H groups in total. The highest BCUT2D eigenvalue weighted by atomic mass is 79.9. The molecule has 1 aliphatic heterocycles. The number of halogens is 3. The van der Waals surface area contributed by atoms with Crippen LogP contribution >= 0.6 is 39.1 Å². The third kappa shape index (κ3) is 3.44. The Labute approximate surface area is 186 Å². The number of ether oxygens (including phenoxy) is 1. The lowest BCUT2D eigenvalue weighted by molar-refractivity contribution is 0.0553. The van der Waals surface area contributed by atoms with E-state index in [0.717, 1.165) is 52.5 Å². The molecular formula is C22H18BrCl2N3O. The van der Waals surface area contributed by atoms with Gasteiger partial charge in [-0.25, -0.2) is 4.98 Å². The molecule has 7 heteroatoms. The topological polar surface area (TPSA) is 39.9 Å². The summed E-state index contributed by atoms with van der Waals surface area (Å²) < 4.78 is 8.91. The number of benzene rings is 1. The van der Waals surface area contributed by atoms with Gasteiger partial charge in [0.1, 0.15) is 10.3 Å². The van der Waals surface area contributed by atoms with Crippen molar-refractivity contribution in [2.75, 3.05) is 13.2 Å². The Hall–Kier alpha value is -1.66. The van der Waals surface area contributed by atoms with Crippen molar-refractivity contribution in [3.63, 3.8) is 0 Å². The van der Waals surface area contributed by atoms with Crippen molar-refractivity contribution < 1.29 is 4.74 Å². The van der Waals surface area contributed by atoms with Gasteiger partial charge in [0.05, 0.1) is 28.0 Å². The van der Waals surface area contributed by atoms with Crippen LogP contribution in [0, 0.1) is 5.92 Å². The van der Waals surface area contributed by atoms with Gasteiger partial charge in [-0.2, -0.15) is 0 Å². The first-order chi connectivity index (χ1) is 14.1. The van der Waals surface area contributed by atoms with Crippen molar-refractivity contribution in [1.82, 2.24) is 14.5 Å². The molecule has 4 aromatic rings. The van der Waals surface area contributed by atoms with Crippen LogP contribution < -0.4 is 0 Å². The number of nitrogens with zero attached hydrogens (tertiary/aromatic N) is 3. The molecule has 4 nitrogen and oxygen atoms in total. The summed E-state index contributed by atoms with van der Waals surface area (Å²) >= 11 is 16.5. The normalized spacial score (nSPS) is 16.5. The average Bonchev–Trinajstić information content (AvgIpc) is 3.03. The van der Waals surface area contributed by atoms with E-state index >= 15 is 0 Å². The Balaban J connectivity index is 1.87. The molecule has 0 amide bonds. The predicted octanol–water partition coefficient (Wildman–Crippen LogP) is 6.67. The number of fused-ring (bicyclic) bond motifs is 3. The van der Waals surface area contributed by atoms with Crippen LogP contribution in [0.5, 0.6) is 0 Å². The summed E-state index contributed by atoms with van der Waals surface area (Å²) in [5, 5.41) is 1.60. The lowest BCUT2D eigenvalue weighted by Gasteiger charge is -2.33. The summed E-state index contributed by atoms with van der Waals surface area (Å²) in [5.41, 5.74) is 4.06. The molecule has 1 atom stereocenters. The molecule has 1 aromatic carbocycles. The summed E-state index contributed by atoms with van der Waals surface area (Å²) in [6.07, 6.45) is 3.78. The monoisotopic (exact) mass is 489 g/mol. The minimum Gasteiger partial charge on any atom is -0.381 e. The molecule has 0 bridgehead atoms. The summed E-state index contributed by atoms with van der Waals surface area (Å²) in [6.45, 7) is 1.55. The first-order valence-corrected chi connectivity index (χ1v) is 11.1. The van der Waals surface area contributed by atoms with Gasteiger partial charge in [0.15, 0.2) is 0 Å². The summed E-state index contributed by atoms with van der Waals surface area (Å²) in [6, 6.07) is 14.7. The van der Waals surface area contributed by atoms with Gasteiger partial charge < -0.3 is 9.30 Å². The molecule has 5 rings (SSSR count). The van der Waals surface area contributed by atoms with E-state index < -0.39 is 0 Å². The highest BCUT2D eigenvalue weighted by Gasteiger charge is 2.30. The molecule has 1 fully saturated rings. The Kier molecular flexibility index (Phi) is 5.25. The number of hydrogen-bond donors (Lipinski definition) is 0. The summed E-state index contributed by atoms with van der Waals surface area (Å²) in [4.78, 5) is 8.96. The SMILES string of the molecule is Clc1cc2c(c(Cl)n1)c1ncc(Br)cc1n2[C@H](c1ccccc1)C1CCOCC1. The van der Waals surface area contributed by atoms with Gasteiger partial charge in [-0.1, -0.05) is 53.5 Å². The smallest absolute Gasteiger partial charge is 0.142 e. The quantitative estimate of drug-likeness (QED) is 0.301. The summed E-state index contributed by atoms with van der Waals surface area (Å²) in [7, 11) is 0. The Morgan fingerprint density at radius 2 is 1.83 bits per heavy atom. The Morgan fingerprint density at radius 3 is 2.59 bits per heavy atom. The number of pyridine rings is 2. The van der Waals surface area contributed by atoms with E-state index in [1.54, 1.807) is 6.20 Å². The van der Waals surface area contributed by atoms with E-state index in [-0.39, 0.29) is 6.04 Å². The summed E-state index contributed by atoms with van der Waals surface area (Å²) in [5.74, 6) is 0.426. The van der Waals surface area contributed by atoms with E-state index in [4.69, 9.17) is 27.9 Å². The average molecular weight is 491 g/mol. The van der Waals surface area contributed by atoms with Crippen LogP contribution in [0.2, 0.25) is 10.3 Å². The molecule has 1 aliphatic rings. The molecule has 1 saturated heterocycles. The second-order valence-corrected chi connectivity index (χ2v) is 8.99. The van der Waals surface area contributed by atoms with Crippen molar-refractivity contribution in [2.45, 2.75) is 18.9 Å². The fourth-order valence-electron chi connectivity index (χ4n) is 4.43. The van der Waals surface area contributed by atoms with Crippen LogP contribution in [0.4, 0.5) is 0 Å². The van der Waals surface area contributed by atoms with E-state index in [2.05, 4.69) is 60.8 Å². The first kappa shape index (κ1) is 19.3. The fraction of sp³-hybridized carbons (Fsp3) is 0.273. The highest BCUT2D eigenvalue weighted by molar-refractivity contribution is 9.10. The maximum absolute atomic E-state index is 6.55. The van der Waals surface area contributed by atoms with Crippen molar-refractivity contribution in [3.8, 4) is 0 Å². The van der Waals surface area contributed by atoms with Crippen LogP contribution in [-0.2, 0) is 4.74 Å². The van der Waals surface area contributed by atoms with E-state index in [1.165, 1.54) is 5.56 Å². The van der Waals surface area contributed by atoms with Crippen LogP contribution in [0.1, 0.15) is 24.4 Å². The zero-order valence-electron chi connectivity index (χ0n) is 15.5. The van der Waals surface area contributed by atoms with E-state index in [9.17, 15) is 0 Å². The lowest BCUT2D eigenvalue weighted by Crippen LogP contribution is -2.26. The van der Waals surface area contributed by atoms with Crippen molar-refractivity contribution in [1.29, 1.82) is 0 Å². The third-order valence-electron chi connectivity index (χ3n) is 5.65. The van der Waals surface area contributed by atoms with Gasteiger partial charge in [0.2, 0.25) is 0 Å². The molecule has 29 heavy (non-hydrogen) atoms. The first-order valence-electron chi connectivity index (χ1n) is 9.57. The van der Waals surface area contributed by atoms with Gasteiger partial charge >= 0.3 is 0 Å². The van der Waals surface area contributed by atoms with Crippen LogP contribution in [0.15, 0.2) is 53.1 Å². The zero-order chi connectivity index (χ0) is 20.0. The van der Waals surface area contributed by atoms with Gasteiger partial charge in [-0.05, 0) is 46.3 Å². The van der Waals surface area contributed by atoms with Gasteiger partial charge in [-0.15, -0.1) is 0 Å². The fourth-order valence-corrected chi connectivity index (χ4v) is 5.26.